The highest BCUT2D eigenvalue weighted by Crippen LogP contribution is 2.19. The number of urea groups is 1. The maximum absolute atomic E-state index is 13.2. The number of hydrogen-bond acceptors (Lipinski definition) is 5. The highest BCUT2D eigenvalue weighted by molar-refractivity contribution is 5.89. The standard InChI is InChI=1S/C21H27N7O2/c1-4-10-28-19(29)18-17(15(2)24-25(18)3)23-20(28)26-11-13-27(14-12-26)21(30)22-16-8-6-5-7-9-16/h5-9H,4,10-14H2,1-3H3,(H,22,30). The van der Waals surface area contributed by atoms with E-state index in [1.807, 2.05) is 44.2 Å². The normalized spacial score (nSPS) is 14.4. The van der Waals surface area contributed by atoms with Gasteiger partial charge >= 0.3 is 6.03 Å². The Kier molecular flexibility index (Phi) is 5.43. The van der Waals surface area contributed by atoms with Crippen molar-refractivity contribution in [2.24, 2.45) is 7.05 Å². The van der Waals surface area contributed by atoms with Gasteiger partial charge in [-0.3, -0.25) is 14.0 Å². The number of benzene rings is 1. The van der Waals surface area contributed by atoms with Crippen molar-refractivity contribution in [1.82, 2.24) is 24.2 Å². The van der Waals surface area contributed by atoms with Gasteiger partial charge in [0.2, 0.25) is 5.95 Å². The Balaban J connectivity index is 1.55. The zero-order chi connectivity index (χ0) is 21.3. The Bertz CT molecular complexity index is 1110. The van der Waals surface area contributed by atoms with E-state index in [1.54, 1.807) is 21.2 Å². The molecule has 0 unspecified atom stereocenters. The fourth-order valence-electron chi connectivity index (χ4n) is 3.90. The summed E-state index contributed by atoms with van der Waals surface area (Å²) in [7, 11) is 1.78. The number of fused-ring (bicyclic) bond motifs is 1. The first-order valence-corrected chi connectivity index (χ1v) is 10.3. The van der Waals surface area contributed by atoms with Crippen LogP contribution in [0, 0.1) is 6.92 Å². The van der Waals surface area contributed by atoms with Crippen molar-refractivity contribution in [2.75, 3.05) is 36.4 Å². The minimum absolute atomic E-state index is 0.0656. The fraction of sp³-hybridized carbons (Fsp3) is 0.429. The zero-order valence-electron chi connectivity index (χ0n) is 17.6. The molecule has 1 aliphatic heterocycles. The lowest BCUT2D eigenvalue weighted by Gasteiger charge is -2.36. The summed E-state index contributed by atoms with van der Waals surface area (Å²) in [5.41, 5.74) is 2.64. The van der Waals surface area contributed by atoms with Crippen LogP contribution in [-0.2, 0) is 13.6 Å². The fourth-order valence-corrected chi connectivity index (χ4v) is 3.90. The van der Waals surface area contributed by atoms with E-state index in [0.29, 0.717) is 49.7 Å². The molecule has 0 bridgehead atoms. The highest BCUT2D eigenvalue weighted by atomic mass is 16.2. The summed E-state index contributed by atoms with van der Waals surface area (Å²) in [5, 5.41) is 7.30. The molecule has 3 aromatic rings. The van der Waals surface area contributed by atoms with E-state index in [1.165, 1.54) is 0 Å². The monoisotopic (exact) mass is 409 g/mol. The molecular weight excluding hydrogens is 382 g/mol. The lowest BCUT2D eigenvalue weighted by atomic mass is 10.3. The summed E-state index contributed by atoms with van der Waals surface area (Å²) in [5.74, 6) is 0.661. The van der Waals surface area contributed by atoms with Crippen molar-refractivity contribution in [3.05, 3.63) is 46.4 Å². The molecule has 158 valence electrons. The van der Waals surface area contributed by atoms with Crippen molar-refractivity contribution < 1.29 is 4.79 Å². The van der Waals surface area contributed by atoms with Crippen LogP contribution in [0.2, 0.25) is 0 Å². The van der Waals surface area contributed by atoms with Crippen LogP contribution < -0.4 is 15.8 Å². The number of carbonyl (C=O) groups excluding carboxylic acids is 1. The number of nitrogens with one attached hydrogen (secondary N) is 1. The first-order valence-electron chi connectivity index (χ1n) is 10.3. The number of anilines is 2. The summed E-state index contributed by atoms with van der Waals surface area (Å²) in [6.07, 6.45) is 0.830. The molecule has 2 amide bonds. The molecule has 4 rings (SSSR count). The van der Waals surface area contributed by atoms with Crippen molar-refractivity contribution in [1.29, 1.82) is 0 Å². The molecule has 1 fully saturated rings. The molecule has 1 N–H and O–H groups in total. The molecule has 9 heteroatoms. The van der Waals surface area contributed by atoms with Gasteiger partial charge in [0, 0.05) is 45.5 Å². The van der Waals surface area contributed by atoms with Gasteiger partial charge in [-0.25, -0.2) is 9.78 Å². The Hall–Kier alpha value is -3.36. The van der Waals surface area contributed by atoms with Crippen LogP contribution in [0.4, 0.5) is 16.4 Å². The first kappa shape index (κ1) is 19.9. The average Bonchev–Trinajstić information content (AvgIpc) is 3.04. The Labute approximate surface area is 174 Å². The number of amides is 2. The second-order valence-electron chi connectivity index (χ2n) is 7.55. The Morgan fingerprint density at radius 1 is 1.13 bits per heavy atom. The second kappa shape index (κ2) is 8.17. The molecule has 1 saturated heterocycles. The summed E-state index contributed by atoms with van der Waals surface area (Å²) >= 11 is 0. The number of para-hydroxylation sites is 1. The minimum Gasteiger partial charge on any atom is -0.339 e. The third-order valence-corrected chi connectivity index (χ3v) is 5.41. The minimum atomic E-state index is -0.113. The molecule has 30 heavy (non-hydrogen) atoms. The molecule has 0 aliphatic carbocycles. The molecule has 1 aliphatic rings. The van der Waals surface area contributed by atoms with Crippen LogP contribution >= 0.6 is 0 Å². The molecule has 2 aromatic heterocycles. The van der Waals surface area contributed by atoms with Gasteiger partial charge in [0.25, 0.3) is 5.56 Å². The van der Waals surface area contributed by atoms with Crippen molar-refractivity contribution >= 4 is 28.7 Å². The molecule has 0 atom stereocenters. The number of aromatic nitrogens is 4. The molecule has 0 saturated carbocycles. The van der Waals surface area contributed by atoms with Crippen molar-refractivity contribution in [3.63, 3.8) is 0 Å². The largest absolute Gasteiger partial charge is 0.339 e. The van der Waals surface area contributed by atoms with E-state index >= 15 is 0 Å². The smallest absolute Gasteiger partial charge is 0.321 e. The van der Waals surface area contributed by atoms with Crippen LogP contribution in [0.15, 0.2) is 35.1 Å². The van der Waals surface area contributed by atoms with E-state index in [9.17, 15) is 9.59 Å². The summed E-state index contributed by atoms with van der Waals surface area (Å²) in [6, 6.07) is 9.32. The zero-order valence-corrected chi connectivity index (χ0v) is 17.6. The molecular formula is C21H27N7O2. The number of piperazine rings is 1. The third-order valence-electron chi connectivity index (χ3n) is 5.41. The molecule has 9 nitrogen and oxygen atoms in total. The predicted octanol–water partition coefficient (Wildman–Crippen LogP) is 2.20. The molecule has 3 heterocycles. The van der Waals surface area contributed by atoms with Gasteiger partial charge in [-0.1, -0.05) is 25.1 Å². The van der Waals surface area contributed by atoms with E-state index in [4.69, 9.17) is 4.98 Å². The van der Waals surface area contributed by atoms with Gasteiger partial charge in [0.05, 0.1) is 5.69 Å². The second-order valence-corrected chi connectivity index (χ2v) is 7.55. The molecule has 1 aromatic carbocycles. The van der Waals surface area contributed by atoms with Gasteiger partial charge in [-0.05, 0) is 25.5 Å². The number of rotatable bonds is 4. The van der Waals surface area contributed by atoms with Gasteiger partial charge in [0.1, 0.15) is 5.52 Å². The van der Waals surface area contributed by atoms with E-state index < -0.39 is 0 Å². The van der Waals surface area contributed by atoms with Crippen LogP contribution in [-0.4, -0.2) is 56.4 Å². The SMILES string of the molecule is CCCn1c(N2CCN(C(=O)Nc3ccccc3)CC2)nc2c(C)nn(C)c2c1=O. The van der Waals surface area contributed by atoms with Gasteiger partial charge in [-0.15, -0.1) is 0 Å². The predicted molar refractivity (Wildman–Crippen MR) is 117 cm³/mol. The summed E-state index contributed by atoms with van der Waals surface area (Å²) in [4.78, 5) is 34.4. The molecule has 0 radical (unpaired) electrons. The maximum atomic E-state index is 13.2. The van der Waals surface area contributed by atoms with Crippen LogP contribution in [0.5, 0.6) is 0 Å². The van der Waals surface area contributed by atoms with Gasteiger partial charge in [-0.2, -0.15) is 5.10 Å². The van der Waals surface area contributed by atoms with E-state index in [2.05, 4.69) is 15.3 Å². The van der Waals surface area contributed by atoms with Crippen LogP contribution in [0.3, 0.4) is 0 Å². The quantitative estimate of drug-likeness (QED) is 0.714. The maximum Gasteiger partial charge on any atom is 0.321 e. The Morgan fingerprint density at radius 3 is 2.50 bits per heavy atom. The average molecular weight is 409 g/mol. The lowest BCUT2D eigenvalue weighted by Crippen LogP contribution is -2.51. The third kappa shape index (κ3) is 3.62. The van der Waals surface area contributed by atoms with Crippen molar-refractivity contribution in [3.8, 4) is 0 Å². The highest BCUT2D eigenvalue weighted by Gasteiger charge is 2.26. The number of hydrogen-bond donors (Lipinski definition) is 1. The summed E-state index contributed by atoms with van der Waals surface area (Å²) in [6.45, 7) is 6.85. The van der Waals surface area contributed by atoms with E-state index in [-0.39, 0.29) is 11.6 Å². The lowest BCUT2D eigenvalue weighted by molar-refractivity contribution is 0.207. The van der Waals surface area contributed by atoms with Crippen LogP contribution in [0.1, 0.15) is 19.0 Å². The van der Waals surface area contributed by atoms with Crippen LogP contribution in [0.25, 0.3) is 11.0 Å². The van der Waals surface area contributed by atoms with Gasteiger partial charge < -0.3 is 15.1 Å². The number of carbonyl (C=O) groups is 1. The topological polar surface area (TPSA) is 88.3 Å². The van der Waals surface area contributed by atoms with E-state index in [0.717, 1.165) is 17.8 Å². The number of aryl methyl sites for hydroxylation is 2. The molecule has 0 spiro atoms. The Morgan fingerprint density at radius 2 is 1.83 bits per heavy atom. The van der Waals surface area contributed by atoms with Gasteiger partial charge in [0.15, 0.2) is 5.52 Å². The summed E-state index contributed by atoms with van der Waals surface area (Å²) < 4.78 is 3.35. The first-order chi connectivity index (χ1) is 14.5. The van der Waals surface area contributed by atoms with Crippen molar-refractivity contribution in [2.45, 2.75) is 26.8 Å². The number of nitrogens with zero attached hydrogens (tertiary/aromatic N) is 6.